The molecule has 1 fully saturated rings. The van der Waals surface area contributed by atoms with Crippen molar-refractivity contribution in [2.24, 2.45) is 11.1 Å². The Hall–Kier alpha value is -2.52. The summed E-state index contributed by atoms with van der Waals surface area (Å²) in [7, 11) is -1.66. The van der Waals surface area contributed by atoms with Crippen molar-refractivity contribution >= 4 is 22.9 Å². The number of aromatic nitrogens is 2. The van der Waals surface area contributed by atoms with E-state index in [0.29, 0.717) is 23.3 Å². The van der Waals surface area contributed by atoms with Crippen LogP contribution in [-0.2, 0) is 21.1 Å². The molecule has 37 heavy (non-hydrogen) atoms. The zero-order valence-electron chi connectivity index (χ0n) is 23.5. The highest BCUT2D eigenvalue weighted by molar-refractivity contribution is 7.82. The molecule has 8 nitrogen and oxygen atoms in total. The highest BCUT2D eigenvalue weighted by atomic mass is 32.2. The number of carbonyl (C=O) groups excluding carboxylic acids is 1. The van der Waals surface area contributed by atoms with Crippen molar-refractivity contribution in [3.63, 3.8) is 0 Å². The number of ether oxygens (including phenoxy) is 1. The molecule has 1 aliphatic heterocycles. The number of carbonyl (C=O) groups is 1. The van der Waals surface area contributed by atoms with Crippen LogP contribution in [0.1, 0.15) is 92.1 Å². The van der Waals surface area contributed by atoms with Gasteiger partial charge in [-0.1, -0.05) is 32.9 Å². The minimum Gasteiger partial charge on any atom is -0.444 e. The summed E-state index contributed by atoms with van der Waals surface area (Å²) < 4.78 is 17.5. The standard InChI is InChI=1S/C28H43N5O3S/c1-26(2,3)22-12-9-11-20(30-22)21(31-23-13-10-14-24(32-23)37(29)35)16-15-19-17-28(7,8)33(18-19)25(34)36-27(4,5)6/h9-14,19,21H,15-18,29H2,1-8H3,(H,31,32). The molecule has 3 heterocycles. The predicted octanol–water partition coefficient (Wildman–Crippen LogP) is 5.72. The van der Waals surface area contributed by atoms with E-state index in [1.165, 1.54) is 0 Å². The molecule has 0 aromatic carbocycles. The van der Waals surface area contributed by atoms with Gasteiger partial charge in [-0.2, -0.15) is 0 Å². The maximum absolute atomic E-state index is 12.9. The van der Waals surface area contributed by atoms with Gasteiger partial charge in [0, 0.05) is 23.2 Å². The fraction of sp³-hybridized carbons (Fsp3) is 0.607. The Morgan fingerprint density at radius 1 is 1.16 bits per heavy atom. The van der Waals surface area contributed by atoms with Crippen LogP contribution in [0.5, 0.6) is 0 Å². The minimum absolute atomic E-state index is 0.0848. The predicted molar refractivity (Wildman–Crippen MR) is 148 cm³/mol. The molecule has 204 valence electrons. The second-order valence-electron chi connectivity index (χ2n) is 12.6. The quantitative estimate of drug-likeness (QED) is 0.474. The SMILES string of the molecule is CC(C)(C)OC(=O)N1CC(CCC(Nc2cccc(S(N)=O)n2)c2cccc(C(C)(C)C)n2)CC1(C)C. The summed E-state index contributed by atoms with van der Waals surface area (Å²) >= 11 is 0. The molecule has 2 aromatic rings. The van der Waals surface area contributed by atoms with E-state index in [9.17, 15) is 9.00 Å². The molecule has 1 saturated heterocycles. The number of hydrogen-bond acceptors (Lipinski definition) is 6. The summed E-state index contributed by atoms with van der Waals surface area (Å²) in [6.07, 6.45) is 2.32. The maximum atomic E-state index is 12.9. The number of nitrogens with one attached hydrogen (secondary N) is 1. The van der Waals surface area contributed by atoms with E-state index >= 15 is 0 Å². The average molecular weight is 530 g/mol. The van der Waals surface area contributed by atoms with Crippen molar-refractivity contribution in [1.82, 2.24) is 14.9 Å². The Balaban J connectivity index is 1.81. The van der Waals surface area contributed by atoms with Crippen LogP contribution >= 0.6 is 0 Å². The zero-order valence-corrected chi connectivity index (χ0v) is 24.3. The van der Waals surface area contributed by atoms with Gasteiger partial charge in [0.2, 0.25) is 0 Å². The lowest BCUT2D eigenvalue weighted by atomic mass is 9.90. The van der Waals surface area contributed by atoms with Crippen LogP contribution in [0.4, 0.5) is 10.6 Å². The molecule has 0 radical (unpaired) electrons. The van der Waals surface area contributed by atoms with Gasteiger partial charge in [0.1, 0.15) is 27.4 Å². The molecular formula is C28H43N5O3S. The Labute approximate surface area is 224 Å². The second kappa shape index (κ2) is 11.1. The third-order valence-electron chi connectivity index (χ3n) is 6.59. The van der Waals surface area contributed by atoms with Crippen molar-refractivity contribution in [3.8, 4) is 0 Å². The number of anilines is 1. The van der Waals surface area contributed by atoms with E-state index in [1.807, 2.05) is 43.9 Å². The molecule has 0 bridgehead atoms. The molecular weight excluding hydrogens is 486 g/mol. The molecule has 3 rings (SSSR count). The molecule has 0 saturated carbocycles. The van der Waals surface area contributed by atoms with Crippen molar-refractivity contribution < 1.29 is 13.7 Å². The van der Waals surface area contributed by atoms with E-state index in [2.05, 4.69) is 51.0 Å². The number of hydrogen-bond donors (Lipinski definition) is 2. The van der Waals surface area contributed by atoms with Gasteiger partial charge in [-0.15, -0.1) is 0 Å². The van der Waals surface area contributed by atoms with Gasteiger partial charge in [0.05, 0.1) is 11.7 Å². The van der Waals surface area contributed by atoms with Crippen LogP contribution in [0.3, 0.4) is 0 Å². The normalized spacial score (nSPS) is 19.4. The summed E-state index contributed by atoms with van der Waals surface area (Å²) in [5.74, 6) is 0.930. The zero-order chi connectivity index (χ0) is 27.6. The van der Waals surface area contributed by atoms with Crippen molar-refractivity contribution in [2.45, 2.75) is 102 Å². The van der Waals surface area contributed by atoms with Crippen LogP contribution < -0.4 is 10.5 Å². The van der Waals surface area contributed by atoms with Crippen molar-refractivity contribution in [3.05, 3.63) is 47.8 Å². The number of rotatable bonds is 7. The van der Waals surface area contributed by atoms with Crippen LogP contribution in [0.2, 0.25) is 0 Å². The molecule has 0 spiro atoms. The molecule has 1 amide bonds. The van der Waals surface area contributed by atoms with E-state index in [0.717, 1.165) is 30.7 Å². The summed E-state index contributed by atoms with van der Waals surface area (Å²) in [5.41, 5.74) is 1.05. The number of likely N-dealkylation sites (tertiary alicyclic amines) is 1. The third-order valence-corrected chi connectivity index (χ3v) is 7.22. The molecule has 9 heteroatoms. The molecule has 2 aromatic heterocycles. The first-order chi connectivity index (χ1) is 17.0. The summed E-state index contributed by atoms with van der Waals surface area (Å²) in [4.78, 5) is 24.2. The van der Waals surface area contributed by atoms with Gasteiger partial charge in [-0.05, 0) is 84.1 Å². The minimum atomic E-state index is -1.66. The number of nitrogens with two attached hydrogens (primary N) is 1. The molecule has 3 atom stereocenters. The first-order valence-corrected chi connectivity index (χ1v) is 14.1. The topological polar surface area (TPSA) is 110 Å². The first-order valence-electron chi connectivity index (χ1n) is 12.9. The van der Waals surface area contributed by atoms with Gasteiger partial charge in [0.15, 0.2) is 0 Å². The first kappa shape index (κ1) is 29.0. The largest absolute Gasteiger partial charge is 0.444 e. The van der Waals surface area contributed by atoms with E-state index in [-0.39, 0.29) is 23.1 Å². The van der Waals surface area contributed by atoms with Crippen LogP contribution in [0.25, 0.3) is 0 Å². The van der Waals surface area contributed by atoms with E-state index in [4.69, 9.17) is 14.9 Å². The smallest absolute Gasteiger partial charge is 0.410 e. The van der Waals surface area contributed by atoms with Crippen molar-refractivity contribution in [1.29, 1.82) is 0 Å². The fourth-order valence-corrected chi connectivity index (χ4v) is 5.16. The van der Waals surface area contributed by atoms with Crippen LogP contribution in [0, 0.1) is 5.92 Å². The number of pyridine rings is 2. The average Bonchev–Trinajstić information content (AvgIpc) is 3.09. The monoisotopic (exact) mass is 529 g/mol. The summed E-state index contributed by atoms with van der Waals surface area (Å²) in [6.45, 7) is 17.0. The molecule has 1 aliphatic rings. The lowest BCUT2D eigenvalue weighted by Gasteiger charge is -2.33. The van der Waals surface area contributed by atoms with Crippen LogP contribution in [-0.4, -0.2) is 42.9 Å². The van der Waals surface area contributed by atoms with E-state index in [1.54, 1.807) is 12.1 Å². The third kappa shape index (κ3) is 7.98. The number of nitrogens with zero attached hydrogens (tertiary/aromatic N) is 3. The summed E-state index contributed by atoms with van der Waals surface area (Å²) in [5, 5.41) is 9.40. The highest BCUT2D eigenvalue weighted by Crippen LogP contribution is 2.38. The lowest BCUT2D eigenvalue weighted by molar-refractivity contribution is 0.0131. The van der Waals surface area contributed by atoms with Gasteiger partial charge < -0.3 is 15.0 Å². The van der Waals surface area contributed by atoms with Gasteiger partial charge in [-0.25, -0.2) is 19.1 Å². The van der Waals surface area contributed by atoms with E-state index < -0.39 is 16.6 Å². The van der Waals surface area contributed by atoms with Gasteiger partial charge in [0.25, 0.3) is 0 Å². The Bertz CT molecular complexity index is 1120. The van der Waals surface area contributed by atoms with Crippen LogP contribution in [0.15, 0.2) is 41.4 Å². The Morgan fingerprint density at radius 2 is 1.84 bits per heavy atom. The highest BCUT2D eigenvalue weighted by Gasteiger charge is 2.42. The van der Waals surface area contributed by atoms with Crippen molar-refractivity contribution in [2.75, 3.05) is 11.9 Å². The van der Waals surface area contributed by atoms with Gasteiger partial charge >= 0.3 is 6.09 Å². The maximum Gasteiger partial charge on any atom is 0.410 e. The molecule has 3 N–H and O–H groups in total. The lowest BCUT2D eigenvalue weighted by Crippen LogP contribution is -2.45. The second-order valence-corrected chi connectivity index (χ2v) is 13.6. The Morgan fingerprint density at radius 3 is 2.46 bits per heavy atom. The summed E-state index contributed by atoms with van der Waals surface area (Å²) in [6, 6.07) is 11.3. The molecule has 0 aliphatic carbocycles. The van der Waals surface area contributed by atoms with Gasteiger partial charge in [-0.3, -0.25) is 4.98 Å². The number of amides is 1. The molecule has 3 unspecified atom stereocenters. The fourth-order valence-electron chi connectivity index (χ4n) is 4.76. The Kier molecular flexibility index (Phi) is 8.69.